The van der Waals surface area contributed by atoms with E-state index in [0.29, 0.717) is 47.5 Å². The number of hydrogen-bond donors (Lipinski definition) is 1. The van der Waals surface area contributed by atoms with Gasteiger partial charge in [-0.2, -0.15) is 0 Å². The van der Waals surface area contributed by atoms with Crippen molar-refractivity contribution in [2.24, 2.45) is 0 Å². The lowest BCUT2D eigenvalue weighted by atomic mass is 10.2. The number of methoxy groups -OCH3 is 2. The summed E-state index contributed by atoms with van der Waals surface area (Å²) in [5.74, 6) is 4.01. The van der Waals surface area contributed by atoms with Gasteiger partial charge in [-0.25, -0.2) is 4.79 Å². The molecule has 0 aliphatic carbocycles. The average Bonchev–Trinajstić information content (AvgIpc) is 3.41. The molecule has 2 heterocycles. The molecule has 0 bridgehead atoms. The van der Waals surface area contributed by atoms with Gasteiger partial charge in [0.2, 0.25) is 6.79 Å². The zero-order valence-electron chi connectivity index (χ0n) is 17.6. The fraction of sp³-hybridized carbons (Fsp3) is 0.261. The van der Waals surface area contributed by atoms with Crippen LogP contribution in [0.5, 0.6) is 23.0 Å². The number of benzene rings is 2. The van der Waals surface area contributed by atoms with Crippen molar-refractivity contribution in [3.63, 3.8) is 0 Å². The highest BCUT2D eigenvalue weighted by molar-refractivity contribution is 5.89. The number of rotatable bonds is 7. The molecule has 1 N–H and O–H groups in total. The van der Waals surface area contributed by atoms with Gasteiger partial charge in [-0.05, 0) is 36.8 Å². The number of urea groups is 1. The smallest absolute Gasteiger partial charge is 0.322 e. The minimum absolute atomic E-state index is 0.201. The third-order valence-electron chi connectivity index (χ3n) is 4.84. The van der Waals surface area contributed by atoms with E-state index in [2.05, 4.69) is 5.32 Å². The number of furan rings is 1. The summed E-state index contributed by atoms with van der Waals surface area (Å²) in [6.45, 7) is 2.72. The molecule has 0 unspecified atom stereocenters. The molecule has 2 amide bonds. The Morgan fingerprint density at radius 1 is 0.968 bits per heavy atom. The molecule has 2 aromatic carbocycles. The number of nitrogens with one attached hydrogen (secondary N) is 1. The normalized spacial score (nSPS) is 11.8. The van der Waals surface area contributed by atoms with E-state index in [9.17, 15) is 4.79 Å². The Kier molecular flexibility index (Phi) is 5.88. The second-order valence-corrected chi connectivity index (χ2v) is 7.09. The van der Waals surface area contributed by atoms with Crippen LogP contribution in [0.2, 0.25) is 0 Å². The van der Waals surface area contributed by atoms with Crippen LogP contribution in [0.3, 0.4) is 0 Å². The van der Waals surface area contributed by atoms with Crippen LogP contribution >= 0.6 is 0 Å². The maximum Gasteiger partial charge on any atom is 0.322 e. The summed E-state index contributed by atoms with van der Waals surface area (Å²) < 4.78 is 27.1. The van der Waals surface area contributed by atoms with E-state index in [1.54, 1.807) is 37.3 Å². The molecule has 0 saturated heterocycles. The number of carbonyl (C=O) groups excluding carboxylic acids is 1. The third kappa shape index (κ3) is 4.85. The fourth-order valence-electron chi connectivity index (χ4n) is 3.30. The topological polar surface area (TPSA) is 82.4 Å². The number of anilines is 1. The standard InChI is InChI=1S/C23H24N2O6/c1-15-4-6-18(31-15)13-25(12-16-5-7-21-22(8-16)30-14-29-21)23(26)24-17-9-19(27-2)11-20(10-17)28-3/h4-11H,12-14H2,1-3H3,(H,24,26). The molecule has 0 fully saturated rings. The van der Waals surface area contributed by atoms with Gasteiger partial charge in [0.25, 0.3) is 0 Å². The van der Waals surface area contributed by atoms with E-state index in [0.717, 1.165) is 11.3 Å². The monoisotopic (exact) mass is 424 g/mol. The Balaban J connectivity index is 1.56. The van der Waals surface area contributed by atoms with Crippen molar-refractivity contribution in [1.29, 1.82) is 0 Å². The third-order valence-corrected chi connectivity index (χ3v) is 4.84. The quantitative estimate of drug-likeness (QED) is 0.598. The van der Waals surface area contributed by atoms with Crippen molar-refractivity contribution in [3.8, 4) is 23.0 Å². The molecule has 0 spiro atoms. The van der Waals surface area contributed by atoms with Crippen molar-refractivity contribution in [2.75, 3.05) is 26.3 Å². The summed E-state index contributed by atoms with van der Waals surface area (Å²) in [7, 11) is 3.12. The number of carbonyl (C=O) groups is 1. The van der Waals surface area contributed by atoms with E-state index in [1.807, 2.05) is 37.3 Å². The van der Waals surface area contributed by atoms with E-state index in [4.69, 9.17) is 23.4 Å². The molecular formula is C23H24N2O6. The van der Waals surface area contributed by atoms with E-state index < -0.39 is 0 Å². The summed E-state index contributed by atoms with van der Waals surface area (Å²) in [5.41, 5.74) is 1.47. The Morgan fingerprint density at radius 3 is 2.39 bits per heavy atom. The molecule has 8 nitrogen and oxygen atoms in total. The number of ether oxygens (including phenoxy) is 4. The van der Waals surface area contributed by atoms with Gasteiger partial charge < -0.3 is 33.6 Å². The highest BCUT2D eigenvalue weighted by atomic mass is 16.7. The number of amides is 2. The SMILES string of the molecule is COc1cc(NC(=O)N(Cc2ccc3c(c2)OCO3)Cc2ccc(C)o2)cc(OC)c1. The van der Waals surface area contributed by atoms with Crippen LogP contribution in [-0.4, -0.2) is 31.9 Å². The molecular weight excluding hydrogens is 400 g/mol. The first-order chi connectivity index (χ1) is 15.0. The molecule has 0 atom stereocenters. The highest BCUT2D eigenvalue weighted by Crippen LogP contribution is 2.33. The van der Waals surface area contributed by atoms with Crippen LogP contribution in [0.4, 0.5) is 10.5 Å². The summed E-state index contributed by atoms with van der Waals surface area (Å²) in [6.07, 6.45) is 0. The predicted octanol–water partition coefficient (Wildman–Crippen LogP) is 4.57. The largest absolute Gasteiger partial charge is 0.497 e. The van der Waals surface area contributed by atoms with Gasteiger partial charge in [0, 0.05) is 30.4 Å². The molecule has 31 heavy (non-hydrogen) atoms. The lowest BCUT2D eigenvalue weighted by Crippen LogP contribution is -2.34. The van der Waals surface area contributed by atoms with Gasteiger partial charge in [-0.3, -0.25) is 0 Å². The summed E-state index contributed by atoms with van der Waals surface area (Å²) in [4.78, 5) is 14.9. The number of fused-ring (bicyclic) bond motifs is 1. The van der Waals surface area contributed by atoms with Crippen LogP contribution in [0, 0.1) is 6.92 Å². The molecule has 0 radical (unpaired) electrons. The van der Waals surface area contributed by atoms with Crippen LogP contribution in [0.1, 0.15) is 17.1 Å². The zero-order chi connectivity index (χ0) is 21.8. The molecule has 8 heteroatoms. The fourth-order valence-corrected chi connectivity index (χ4v) is 3.30. The van der Waals surface area contributed by atoms with Crippen molar-refractivity contribution in [1.82, 2.24) is 4.90 Å². The predicted molar refractivity (Wildman–Crippen MR) is 114 cm³/mol. The molecule has 1 aliphatic heterocycles. The van der Waals surface area contributed by atoms with Crippen LogP contribution < -0.4 is 24.3 Å². The second kappa shape index (κ2) is 8.91. The van der Waals surface area contributed by atoms with E-state index >= 15 is 0 Å². The highest BCUT2D eigenvalue weighted by Gasteiger charge is 2.20. The first-order valence-corrected chi connectivity index (χ1v) is 9.77. The number of aryl methyl sites for hydroxylation is 1. The van der Waals surface area contributed by atoms with Gasteiger partial charge in [0.05, 0.1) is 20.8 Å². The maximum atomic E-state index is 13.2. The summed E-state index contributed by atoms with van der Waals surface area (Å²) in [5, 5.41) is 2.92. The lowest BCUT2D eigenvalue weighted by molar-refractivity contribution is 0.174. The van der Waals surface area contributed by atoms with Crippen molar-refractivity contribution < 1.29 is 28.2 Å². The van der Waals surface area contributed by atoms with Crippen LogP contribution in [-0.2, 0) is 13.1 Å². The van der Waals surface area contributed by atoms with Crippen LogP contribution in [0.15, 0.2) is 52.9 Å². The molecule has 1 aliphatic rings. The lowest BCUT2D eigenvalue weighted by Gasteiger charge is -2.23. The van der Waals surface area contributed by atoms with E-state index in [-0.39, 0.29) is 12.8 Å². The first-order valence-electron chi connectivity index (χ1n) is 9.77. The summed E-state index contributed by atoms with van der Waals surface area (Å²) in [6, 6.07) is 14.3. The zero-order valence-corrected chi connectivity index (χ0v) is 17.6. The maximum absolute atomic E-state index is 13.2. The van der Waals surface area contributed by atoms with Crippen LogP contribution in [0.25, 0.3) is 0 Å². The van der Waals surface area contributed by atoms with Gasteiger partial charge in [-0.1, -0.05) is 6.07 Å². The number of nitrogens with zero attached hydrogens (tertiary/aromatic N) is 1. The Hall–Kier alpha value is -3.81. The molecule has 0 saturated carbocycles. The first kappa shape index (κ1) is 20.5. The minimum atomic E-state index is -0.290. The Morgan fingerprint density at radius 2 is 1.71 bits per heavy atom. The Bertz CT molecular complexity index is 1060. The molecule has 1 aromatic heterocycles. The van der Waals surface area contributed by atoms with Gasteiger partial charge in [-0.15, -0.1) is 0 Å². The second-order valence-electron chi connectivity index (χ2n) is 7.09. The summed E-state index contributed by atoms with van der Waals surface area (Å²) >= 11 is 0. The number of hydrogen-bond acceptors (Lipinski definition) is 6. The molecule has 162 valence electrons. The van der Waals surface area contributed by atoms with Gasteiger partial charge in [0.1, 0.15) is 23.0 Å². The minimum Gasteiger partial charge on any atom is -0.497 e. The van der Waals surface area contributed by atoms with Gasteiger partial charge >= 0.3 is 6.03 Å². The van der Waals surface area contributed by atoms with Gasteiger partial charge in [0.15, 0.2) is 11.5 Å². The van der Waals surface area contributed by atoms with Crippen molar-refractivity contribution in [3.05, 3.63) is 65.6 Å². The average molecular weight is 424 g/mol. The Labute approximate surface area is 180 Å². The van der Waals surface area contributed by atoms with Crippen molar-refractivity contribution >= 4 is 11.7 Å². The van der Waals surface area contributed by atoms with Crippen molar-refractivity contribution in [2.45, 2.75) is 20.0 Å². The molecule has 4 rings (SSSR count). The molecule has 3 aromatic rings. The van der Waals surface area contributed by atoms with E-state index in [1.165, 1.54) is 0 Å².